The number of allylic oxidation sites excluding steroid dienone is 1. The maximum atomic E-state index is 11.5. The molecular weight excluding hydrogens is 244 g/mol. The molecule has 0 aliphatic rings. The molecule has 0 fully saturated rings. The van der Waals surface area contributed by atoms with E-state index < -0.39 is 5.91 Å². The zero-order valence-electron chi connectivity index (χ0n) is 10.9. The second-order valence-electron chi connectivity index (χ2n) is 3.93. The average Bonchev–Trinajstić information content (AvgIpc) is 2.40. The first-order valence-corrected chi connectivity index (χ1v) is 5.79. The smallest absolute Gasteiger partial charge is 0.265 e. The summed E-state index contributed by atoms with van der Waals surface area (Å²) in [7, 11) is 1.60. The van der Waals surface area contributed by atoms with Crippen molar-refractivity contribution in [2.45, 2.75) is 13.3 Å². The van der Waals surface area contributed by atoms with Crippen LogP contribution in [0.5, 0.6) is 5.75 Å². The first kappa shape index (κ1) is 14.6. The van der Waals surface area contributed by atoms with Crippen LogP contribution < -0.4 is 10.1 Å². The number of ether oxygens (including phenoxy) is 1. The van der Waals surface area contributed by atoms with E-state index in [1.165, 1.54) is 6.92 Å². The third-order valence-corrected chi connectivity index (χ3v) is 2.56. The molecule has 1 aromatic rings. The third-order valence-electron chi connectivity index (χ3n) is 2.56. The molecule has 1 amide bonds. The van der Waals surface area contributed by atoms with Crippen LogP contribution in [0.3, 0.4) is 0 Å². The number of carbonyl (C=O) groups excluding carboxylic acids is 1. The molecule has 0 aromatic heterocycles. The molecular formula is C14H16N2O3. The van der Waals surface area contributed by atoms with E-state index in [0.29, 0.717) is 13.0 Å². The van der Waals surface area contributed by atoms with Gasteiger partial charge in [-0.05, 0) is 31.0 Å². The van der Waals surface area contributed by atoms with Gasteiger partial charge in [0, 0.05) is 6.54 Å². The fraction of sp³-hybridized carbons (Fsp3) is 0.286. The topological polar surface area (TPSA) is 82.3 Å². The summed E-state index contributed by atoms with van der Waals surface area (Å²) < 4.78 is 5.04. The normalized spacial score (nSPS) is 11.2. The van der Waals surface area contributed by atoms with Crippen molar-refractivity contribution in [3.05, 3.63) is 41.2 Å². The highest BCUT2D eigenvalue weighted by molar-refractivity contribution is 5.97. The minimum absolute atomic E-state index is 0.255. The number of carbonyl (C=O) groups is 1. The number of nitriles is 1. The van der Waals surface area contributed by atoms with E-state index in [2.05, 4.69) is 5.32 Å². The second kappa shape index (κ2) is 7.07. The van der Waals surface area contributed by atoms with Crippen molar-refractivity contribution in [3.63, 3.8) is 0 Å². The van der Waals surface area contributed by atoms with Gasteiger partial charge in [-0.2, -0.15) is 5.26 Å². The summed E-state index contributed by atoms with van der Waals surface area (Å²) in [5.41, 5.74) is 0.791. The van der Waals surface area contributed by atoms with Gasteiger partial charge in [0.15, 0.2) is 5.57 Å². The van der Waals surface area contributed by atoms with Gasteiger partial charge < -0.3 is 15.2 Å². The Morgan fingerprint density at radius 1 is 1.42 bits per heavy atom. The van der Waals surface area contributed by atoms with Crippen molar-refractivity contribution in [3.8, 4) is 11.8 Å². The van der Waals surface area contributed by atoms with Crippen molar-refractivity contribution in [2.75, 3.05) is 13.7 Å². The monoisotopic (exact) mass is 260 g/mol. The first-order chi connectivity index (χ1) is 9.08. The predicted octanol–water partition coefficient (Wildman–Crippen LogP) is 1.71. The lowest BCUT2D eigenvalue weighted by Gasteiger charge is -2.06. The number of hydrogen-bond donors (Lipinski definition) is 2. The van der Waals surface area contributed by atoms with Gasteiger partial charge in [-0.25, -0.2) is 0 Å². The van der Waals surface area contributed by atoms with Crippen LogP contribution in [-0.2, 0) is 11.2 Å². The highest BCUT2D eigenvalue weighted by Crippen LogP contribution is 2.11. The van der Waals surface area contributed by atoms with Crippen molar-refractivity contribution < 1.29 is 14.6 Å². The summed E-state index contributed by atoms with van der Waals surface area (Å²) in [6.07, 6.45) is 0.638. The van der Waals surface area contributed by atoms with Gasteiger partial charge in [0.1, 0.15) is 17.6 Å². The van der Waals surface area contributed by atoms with E-state index in [1.54, 1.807) is 13.2 Å². The Kier molecular flexibility index (Phi) is 5.42. The maximum Gasteiger partial charge on any atom is 0.265 e. The summed E-state index contributed by atoms with van der Waals surface area (Å²) in [6, 6.07) is 9.16. The molecule has 2 N–H and O–H groups in total. The van der Waals surface area contributed by atoms with Crippen LogP contribution in [0, 0.1) is 11.3 Å². The summed E-state index contributed by atoms with van der Waals surface area (Å²) in [5, 5.41) is 20.4. The maximum absolute atomic E-state index is 11.5. The largest absolute Gasteiger partial charge is 0.511 e. The van der Waals surface area contributed by atoms with Crippen LogP contribution in [0.25, 0.3) is 0 Å². The van der Waals surface area contributed by atoms with Crippen LogP contribution in [0.2, 0.25) is 0 Å². The van der Waals surface area contributed by atoms with Crippen molar-refractivity contribution >= 4 is 5.91 Å². The molecule has 5 nitrogen and oxygen atoms in total. The number of aliphatic hydroxyl groups is 1. The van der Waals surface area contributed by atoms with Crippen LogP contribution in [-0.4, -0.2) is 24.7 Å². The molecule has 0 heterocycles. The number of benzene rings is 1. The molecule has 0 spiro atoms. The van der Waals surface area contributed by atoms with Gasteiger partial charge in [-0.3, -0.25) is 4.79 Å². The van der Waals surface area contributed by atoms with Crippen LogP contribution in [0.1, 0.15) is 12.5 Å². The molecule has 0 bridgehead atoms. The predicted molar refractivity (Wildman–Crippen MR) is 70.6 cm³/mol. The lowest BCUT2D eigenvalue weighted by molar-refractivity contribution is -0.117. The molecule has 1 aromatic carbocycles. The number of nitrogens with zero attached hydrogens (tertiary/aromatic N) is 1. The van der Waals surface area contributed by atoms with Crippen LogP contribution in [0.15, 0.2) is 35.6 Å². The minimum atomic E-state index is -0.559. The summed E-state index contributed by atoms with van der Waals surface area (Å²) in [5.74, 6) is -0.0566. The molecule has 100 valence electrons. The van der Waals surface area contributed by atoms with Crippen molar-refractivity contribution in [1.82, 2.24) is 5.32 Å². The lowest BCUT2D eigenvalue weighted by Crippen LogP contribution is -2.27. The van der Waals surface area contributed by atoms with E-state index in [4.69, 9.17) is 15.1 Å². The Morgan fingerprint density at radius 3 is 2.53 bits per heavy atom. The van der Waals surface area contributed by atoms with E-state index in [0.717, 1.165) is 11.3 Å². The molecule has 0 saturated carbocycles. The van der Waals surface area contributed by atoms with Gasteiger partial charge >= 0.3 is 0 Å². The molecule has 1 rings (SSSR count). The quantitative estimate of drug-likeness (QED) is 0.479. The minimum Gasteiger partial charge on any atom is -0.511 e. The van der Waals surface area contributed by atoms with Gasteiger partial charge in [0.25, 0.3) is 5.91 Å². The van der Waals surface area contributed by atoms with Gasteiger partial charge in [0.05, 0.1) is 7.11 Å². The molecule has 0 atom stereocenters. The van der Waals surface area contributed by atoms with E-state index in [-0.39, 0.29) is 11.3 Å². The second-order valence-corrected chi connectivity index (χ2v) is 3.93. The average molecular weight is 260 g/mol. The van der Waals surface area contributed by atoms with Crippen LogP contribution >= 0.6 is 0 Å². The molecule has 0 saturated heterocycles. The number of hydrogen-bond acceptors (Lipinski definition) is 4. The van der Waals surface area contributed by atoms with E-state index in [1.807, 2.05) is 24.3 Å². The SMILES string of the molecule is COc1ccc(CCNC(=O)C(C#N)=C(C)O)cc1. The Bertz CT molecular complexity index is 508. The van der Waals surface area contributed by atoms with Gasteiger partial charge in [0.2, 0.25) is 0 Å². The lowest BCUT2D eigenvalue weighted by atomic mass is 10.1. The summed E-state index contributed by atoms with van der Waals surface area (Å²) in [4.78, 5) is 11.5. The molecule has 0 unspecified atom stereocenters. The van der Waals surface area contributed by atoms with Crippen molar-refractivity contribution in [2.24, 2.45) is 0 Å². The molecule has 0 aliphatic carbocycles. The fourth-order valence-electron chi connectivity index (χ4n) is 1.50. The Morgan fingerprint density at radius 2 is 2.05 bits per heavy atom. The van der Waals surface area contributed by atoms with Crippen LogP contribution in [0.4, 0.5) is 0 Å². The zero-order valence-corrected chi connectivity index (χ0v) is 10.9. The van der Waals surface area contributed by atoms with Crippen molar-refractivity contribution in [1.29, 1.82) is 5.26 Å². The summed E-state index contributed by atoms with van der Waals surface area (Å²) in [6.45, 7) is 1.70. The number of methoxy groups -OCH3 is 1. The highest BCUT2D eigenvalue weighted by Gasteiger charge is 2.11. The third kappa shape index (κ3) is 4.36. The summed E-state index contributed by atoms with van der Waals surface area (Å²) >= 11 is 0. The van der Waals surface area contributed by atoms with E-state index in [9.17, 15) is 4.79 Å². The molecule has 5 heteroatoms. The Balaban J connectivity index is 2.48. The fourth-order valence-corrected chi connectivity index (χ4v) is 1.50. The number of aliphatic hydroxyl groups excluding tert-OH is 1. The molecule has 19 heavy (non-hydrogen) atoms. The Labute approximate surface area is 112 Å². The zero-order chi connectivity index (χ0) is 14.3. The highest BCUT2D eigenvalue weighted by atomic mass is 16.5. The first-order valence-electron chi connectivity index (χ1n) is 5.79. The van der Waals surface area contributed by atoms with Gasteiger partial charge in [-0.1, -0.05) is 12.1 Å². The number of nitrogens with one attached hydrogen (secondary N) is 1. The number of rotatable bonds is 5. The van der Waals surface area contributed by atoms with E-state index >= 15 is 0 Å². The standard InChI is InChI=1S/C14H16N2O3/c1-10(17)13(9-15)14(18)16-8-7-11-3-5-12(19-2)6-4-11/h3-6,17H,7-8H2,1-2H3,(H,16,18). The molecule has 0 aliphatic heterocycles. The van der Waals surface area contributed by atoms with Gasteiger partial charge in [-0.15, -0.1) is 0 Å². The Hall–Kier alpha value is -2.48. The molecule has 0 radical (unpaired) electrons. The number of amides is 1.